The molecule has 2 rings (SSSR count). The summed E-state index contributed by atoms with van der Waals surface area (Å²) in [5.41, 5.74) is -0.593. The summed E-state index contributed by atoms with van der Waals surface area (Å²) in [5.74, 6) is -0.878. The molecule has 1 aliphatic heterocycles. The molecule has 80 valence electrons. The fourth-order valence-corrected chi connectivity index (χ4v) is 1.29. The van der Waals surface area contributed by atoms with Crippen LogP contribution >= 0.6 is 0 Å². The van der Waals surface area contributed by atoms with Gasteiger partial charge in [-0.05, 0) is 12.1 Å². The van der Waals surface area contributed by atoms with E-state index in [0.29, 0.717) is 13.1 Å². The number of halogens is 1. The lowest BCUT2D eigenvalue weighted by Crippen LogP contribution is -2.50. The lowest BCUT2D eigenvalue weighted by molar-refractivity contribution is -0.388. The van der Waals surface area contributed by atoms with E-state index in [-0.39, 0.29) is 11.9 Å². The van der Waals surface area contributed by atoms with Crippen LogP contribution in [0.3, 0.4) is 0 Å². The number of para-hydroxylation sites is 1. The van der Waals surface area contributed by atoms with Gasteiger partial charge >= 0.3 is 5.69 Å². The topological polar surface area (TPSA) is 64.4 Å². The number of benzene rings is 1. The number of hydrogen-bond acceptors (Lipinski definition) is 4. The van der Waals surface area contributed by atoms with Crippen LogP contribution in [-0.2, 0) is 0 Å². The zero-order valence-corrected chi connectivity index (χ0v) is 7.77. The van der Waals surface area contributed by atoms with E-state index in [1.165, 1.54) is 12.1 Å². The fraction of sp³-hybridized carbons (Fsp3) is 0.333. The summed E-state index contributed by atoms with van der Waals surface area (Å²) in [6.45, 7) is 1.27. The molecule has 1 N–H and O–H groups in total. The largest absolute Gasteiger partial charge is 0.481 e. The van der Waals surface area contributed by atoms with Gasteiger partial charge in [-0.15, -0.1) is 0 Å². The number of rotatable bonds is 3. The Morgan fingerprint density at radius 3 is 2.80 bits per heavy atom. The first kappa shape index (κ1) is 9.85. The zero-order chi connectivity index (χ0) is 10.8. The van der Waals surface area contributed by atoms with Gasteiger partial charge in [0, 0.05) is 13.1 Å². The third kappa shape index (κ3) is 1.89. The second kappa shape index (κ2) is 3.82. The maximum absolute atomic E-state index is 13.1. The summed E-state index contributed by atoms with van der Waals surface area (Å²) in [7, 11) is 0. The number of hydrogen-bond donors (Lipinski definition) is 1. The predicted molar refractivity (Wildman–Crippen MR) is 50.3 cm³/mol. The maximum Gasteiger partial charge on any atom is 0.346 e. The minimum atomic E-state index is -0.871. The molecule has 0 spiro atoms. The lowest BCUT2D eigenvalue weighted by atomic mass is 10.2. The van der Waals surface area contributed by atoms with E-state index in [1.54, 1.807) is 0 Å². The normalized spacial score (nSPS) is 15.8. The van der Waals surface area contributed by atoms with Gasteiger partial charge in [-0.3, -0.25) is 10.1 Å². The van der Waals surface area contributed by atoms with Crippen molar-refractivity contribution in [3.05, 3.63) is 34.1 Å². The Morgan fingerprint density at radius 1 is 1.53 bits per heavy atom. The van der Waals surface area contributed by atoms with Gasteiger partial charge in [-0.2, -0.15) is 4.39 Å². The molecule has 0 atom stereocenters. The van der Waals surface area contributed by atoms with Crippen molar-refractivity contribution in [3.8, 4) is 5.75 Å². The molecule has 0 bridgehead atoms. The lowest BCUT2D eigenvalue weighted by Gasteiger charge is -2.27. The predicted octanol–water partition coefficient (Wildman–Crippen LogP) is 1.08. The molecule has 1 aromatic carbocycles. The minimum absolute atomic E-state index is 0.00787. The van der Waals surface area contributed by atoms with Gasteiger partial charge in [0.25, 0.3) is 0 Å². The molecule has 1 aromatic rings. The monoisotopic (exact) mass is 212 g/mol. The molecule has 1 heterocycles. The molecule has 0 saturated carbocycles. The highest BCUT2D eigenvalue weighted by Crippen LogP contribution is 2.30. The van der Waals surface area contributed by atoms with Crippen molar-refractivity contribution in [2.45, 2.75) is 6.10 Å². The van der Waals surface area contributed by atoms with Gasteiger partial charge in [0.15, 0.2) is 0 Å². The third-order valence-corrected chi connectivity index (χ3v) is 2.17. The number of nitro groups is 1. The highest BCUT2D eigenvalue weighted by atomic mass is 19.1. The van der Waals surface area contributed by atoms with E-state index in [0.717, 1.165) is 6.07 Å². The summed E-state index contributed by atoms with van der Waals surface area (Å²) in [5, 5.41) is 13.6. The van der Waals surface area contributed by atoms with Crippen molar-refractivity contribution < 1.29 is 14.1 Å². The fourth-order valence-electron chi connectivity index (χ4n) is 1.29. The average molecular weight is 212 g/mol. The molecular formula is C9H9FN2O3. The number of nitrogens with zero attached hydrogens (tertiary/aromatic N) is 1. The Hall–Kier alpha value is -1.69. The first-order valence-corrected chi connectivity index (χ1v) is 4.49. The van der Waals surface area contributed by atoms with E-state index in [1.807, 2.05) is 0 Å². The van der Waals surface area contributed by atoms with Gasteiger partial charge in [0.1, 0.15) is 6.10 Å². The van der Waals surface area contributed by atoms with Crippen LogP contribution < -0.4 is 10.1 Å². The summed E-state index contributed by atoms with van der Waals surface area (Å²) < 4.78 is 18.4. The Balaban J connectivity index is 2.27. The summed E-state index contributed by atoms with van der Waals surface area (Å²) in [6, 6.07) is 3.84. The smallest absolute Gasteiger partial charge is 0.346 e. The van der Waals surface area contributed by atoms with Crippen LogP contribution in [0.4, 0.5) is 10.1 Å². The Bertz CT molecular complexity index is 393. The van der Waals surface area contributed by atoms with Gasteiger partial charge in [-0.25, -0.2) is 0 Å². The number of ether oxygens (including phenoxy) is 1. The SMILES string of the molecule is O=[N+]([O-])c1c(F)cccc1OC1CNC1. The molecule has 1 fully saturated rings. The highest BCUT2D eigenvalue weighted by Gasteiger charge is 2.26. The van der Waals surface area contributed by atoms with Crippen molar-refractivity contribution in [2.24, 2.45) is 0 Å². The van der Waals surface area contributed by atoms with Crippen LogP contribution in [0.15, 0.2) is 18.2 Å². The van der Waals surface area contributed by atoms with Crippen LogP contribution in [0.5, 0.6) is 5.75 Å². The summed E-state index contributed by atoms with van der Waals surface area (Å²) in [6.07, 6.45) is -0.106. The first-order chi connectivity index (χ1) is 7.18. The molecule has 0 radical (unpaired) electrons. The van der Waals surface area contributed by atoms with Gasteiger partial charge in [0.05, 0.1) is 4.92 Å². The molecule has 1 saturated heterocycles. The van der Waals surface area contributed by atoms with E-state index in [2.05, 4.69) is 5.32 Å². The van der Waals surface area contributed by atoms with Crippen molar-refractivity contribution in [3.63, 3.8) is 0 Å². The van der Waals surface area contributed by atoms with Gasteiger partial charge in [-0.1, -0.05) is 6.07 Å². The van der Waals surface area contributed by atoms with Crippen LogP contribution in [0, 0.1) is 15.9 Å². The molecular weight excluding hydrogens is 203 g/mol. The average Bonchev–Trinajstić information content (AvgIpc) is 2.10. The Morgan fingerprint density at radius 2 is 2.27 bits per heavy atom. The first-order valence-electron chi connectivity index (χ1n) is 4.49. The van der Waals surface area contributed by atoms with Gasteiger partial charge in [0.2, 0.25) is 11.6 Å². The third-order valence-electron chi connectivity index (χ3n) is 2.17. The summed E-state index contributed by atoms with van der Waals surface area (Å²) in [4.78, 5) is 9.83. The highest BCUT2D eigenvalue weighted by molar-refractivity contribution is 5.47. The molecule has 5 nitrogen and oxygen atoms in total. The molecule has 0 unspecified atom stereocenters. The quantitative estimate of drug-likeness (QED) is 0.601. The van der Waals surface area contributed by atoms with Crippen molar-refractivity contribution in [1.29, 1.82) is 0 Å². The van der Waals surface area contributed by atoms with Crippen LogP contribution in [0.25, 0.3) is 0 Å². The Kier molecular flexibility index (Phi) is 2.51. The number of nitro benzene ring substituents is 1. The van der Waals surface area contributed by atoms with E-state index >= 15 is 0 Å². The van der Waals surface area contributed by atoms with Gasteiger partial charge < -0.3 is 10.1 Å². The van der Waals surface area contributed by atoms with E-state index in [4.69, 9.17) is 4.74 Å². The maximum atomic E-state index is 13.1. The molecule has 15 heavy (non-hydrogen) atoms. The van der Waals surface area contributed by atoms with Crippen molar-refractivity contribution in [2.75, 3.05) is 13.1 Å². The summed E-state index contributed by atoms with van der Waals surface area (Å²) >= 11 is 0. The molecule has 6 heteroatoms. The molecule has 0 aromatic heterocycles. The van der Waals surface area contributed by atoms with E-state index < -0.39 is 16.4 Å². The van der Waals surface area contributed by atoms with Crippen LogP contribution in [0.1, 0.15) is 0 Å². The Labute approximate surface area is 85.0 Å². The van der Waals surface area contributed by atoms with Crippen molar-refractivity contribution >= 4 is 5.69 Å². The second-order valence-electron chi connectivity index (χ2n) is 3.24. The molecule has 1 aliphatic rings. The van der Waals surface area contributed by atoms with E-state index in [9.17, 15) is 14.5 Å². The second-order valence-corrected chi connectivity index (χ2v) is 3.24. The minimum Gasteiger partial charge on any atom is -0.481 e. The molecule has 0 aliphatic carbocycles. The number of nitrogens with one attached hydrogen (secondary N) is 1. The van der Waals surface area contributed by atoms with Crippen molar-refractivity contribution in [1.82, 2.24) is 5.32 Å². The zero-order valence-electron chi connectivity index (χ0n) is 7.77. The molecule has 0 amide bonds. The van der Waals surface area contributed by atoms with Crippen LogP contribution in [-0.4, -0.2) is 24.1 Å². The van der Waals surface area contributed by atoms with Crippen LogP contribution in [0.2, 0.25) is 0 Å². The standard InChI is InChI=1S/C9H9FN2O3/c10-7-2-1-3-8(9(7)12(13)14)15-6-4-11-5-6/h1-3,6,11H,4-5H2.